The Morgan fingerprint density at radius 3 is 2.73 bits per heavy atom. The molecule has 0 aliphatic carbocycles. The highest BCUT2D eigenvalue weighted by Crippen LogP contribution is 2.40. The van der Waals surface area contributed by atoms with Crippen LogP contribution in [-0.2, 0) is 24.6 Å². The molecule has 3 rings (SSSR count). The number of aliphatic hydroxyl groups is 2. The minimum atomic E-state index is -2.04. The van der Waals surface area contributed by atoms with Gasteiger partial charge in [-0.05, 0) is 33.2 Å². The molecule has 6 atom stereocenters. The molecule has 0 saturated carbocycles. The Labute approximate surface area is 187 Å². The van der Waals surface area contributed by atoms with Crippen molar-refractivity contribution < 1.29 is 39.1 Å². The number of nitriles is 1. The summed E-state index contributed by atoms with van der Waals surface area (Å²) in [4.78, 5) is 28.6. The van der Waals surface area contributed by atoms with E-state index in [1.165, 1.54) is 42.6 Å². The van der Waals surface area contributed by atoms with E-state index in [2.05, 4.69) is 10.1 Å². The smallest absolute Gasteiger partial charge is 0.480 e. The first-order valence-corrected chi connectivity index (χ1v) is 9.80. The number of hydrogen-bond donors (Lipinski definition) is 4. The van der Waals surface area contributed by atoms with Gasteiger partial charge in [0.15, 0.2) is 5.82 Å². The van der Waals surface area contributed by atoms with Crippen LogP contribution in [0.5, 0.6) is 0 Å². The number of carboxylic acid groups (broad SMARTS) is 1. The normalized spacial score (nSPS) is 26.6. The van der Waals surface area contributed by atoms with Crippen LogP contribution in [0.15, 0.2) is 18.5 Å². The molecule has 2 aromatic rings. The van der Waals surface area contributed by atoms with Crippen LogP contribution in [0.25, 0.3) is 5.52 Å². The molecule has 0 aromatic carbocycles. The van der Waals surface area contributed by atoms with Gasteiger partial charge in [0.25, 0.3) is 0 Å². The fourth-order valence-corrected chi connectivity index (χ4v) is 3.79. The molecule has 14 nitrogen and oxygen atoms in total. The molecule has 0 amide bonds. The summed E-state index contributed by atoms with van der Waals surface area (Å²) in [5, 5.41) is 44.3. The number of likely N-dealkylation sites (N-methyl/N-ethyl adjacent to an activating group) is 1. The molecule has 2 aromatic heterocycles. The number of carbonyl (C=O) groups is 2. The SMILES string of the molecule is CC(OC(=O)OC[C@H]1O[C@@](C#N)(c2ccc3c(N)ncnn23)[C@H](O)[C@@H]1O)C(C(=O)O)N(C)C. The van der Waals surface area contributed by atoms with Crippen molar-refractivity contribution in [3.05, 3.63) is 24.2 Å². The Morgan fingerprint density at radius 1 is 1.42 bits per heavy atom. The van der Waals surface area contributed by atoms with Gasteiger partial charge in [0.1, 0.15) is 55.0 Å². The van der Waals surface area contributed by atoms with Crippen molar-refractivity contribution in [2.45, 2.75) is 43.0 Å². The van der Waals surface area contributed by atoms with Crippen LogP contribution in [0.3, 0.4) is 0 Å². The molecule has 1 saturated heterocycles. The van der Waals surface area contributed by atoms with Gasteiger partial charge in [-0.1, -0.05) is 0 Å². The summed E-state index contributed by atoms with van der Waals surface area (Å²) in [6.07, 6.45) is -5.72. The van der Waals surface area contributed by atoms with Gasteiger partial charge < -0.3 is 35.3 Å². The molecule has 14 heteroatoms. The lowest BCUT2D eigenvalue weighted by Crippen LogP contribution is -2.46. The summed E-state index contributed by atoms with van der Waals surface area (Å²) in [7, 11) is 3.03. The van der Waals surface area contributed by atoms with Crippen molar-refractivity contribution in [2.24, 2.45) is 0 Å². The summed E-state index contributed by atoms with van der Waals surface area (Å²) >= 11 is 0. The van der Waals surface area contributed by atoms with E-state index in [4.69, 9.17) is 19.9 Å². The van der Waals surface area contributed by atoms with E-state index in [0.717, 1.165) is 6.33 Å². The molecule has 1 fully saturated rings. The monoisotopic (exact) mass is 464 g/mol. The highest BCUT2D eigenvalue weighted by molar-refractivity contribution is 5.74. The van der Waals surface area contributed by atoms with Gasteiger partial charge >= 0.3 is 12.1 Å². The van der Waals surface area contributed by atoms with E-state index >= 15 is 0 Å². The standard InChI is InChI=1S/C19H24N6O8/c1-9(13(17(28)29)24(2)3)32-18(30)31-6-11-14(26)15(27)19(7-20,33-11)12-5-4-10-16(21)22-8-23-25(10)12/h4-5,8-9,11,13-15,26-27H,6H2,1-3H3,(H,28,29)(H2,21,22,23)/t9?,11-,13?,14-,15-,19+/m1/s1. The fraction of sp³-hybridized carbons (Fsp3) is 0.526. The van der Waals surface area contributed by atoms with E-state index in [1.807, 2.05) is 6.07 Å². The van der Waals surface area contributed by atoms with E-state index in [9.17, 15) is 30.2 Å². The molecule has 5 N–H and O–H groups in total. The molecular weight excluding hydrogens is 440 g/mol. The quantitative estimate of drug-likeness (QED) is 0.352. The maximum absolute atomic E-state index is 12.1. The first-order chi connectivity index (χ1) is 15.5. The van der Waals surface area contributed by atoms with Crippen LogP contribution < -0.4 is 5.73 Å². The molecular formula is C19H24N6O8. The lowest BCUT2D eigenvalue weighted by atomic mass is 9.92. The Morgan fingerprint density at radius 2 is 2.12 bits per heavy atom. The number of ether oxygens (including phenoxy) is 3. The lowest BCUT2D eigenvalue weighted by molar-refractivity contribution is -0.146. The number of rotatable bonds is 7. The number of anilines is 1. The number of aliphatic carboxylic acids is 1. The molecule has 33 heavy (non-hydrogen) atoms. The van der Waals surface area contributed by atoms with Crippen molar-refractivity contribution in [3.63, 3.8) is 0 Å². The zero-order valence-electron chi connectivity index (χ0n) is 18.0. The first kappa shape index (κ1) is 24.1. The molecule has 1 aliphatic heterocycles. The van der Waals surface area contributed by atoms with Crippen molar-refractivity contribution in [1.29, 1.82) is 5.26 Å². The predicted octanol–water partition coefficient (Wildman–Crippen LogP) is -1.29. The minimum absolute atomic E-state index is 0.0923. The van der Waals surface area contributed by atoms with E-state index in [-0.39, 0.29) is 11.5 Å². The van der Waals surface area contributed by atoms with Gasteiger partial charge in [0.2, 0.25) is 5.60 Å². The Balaban J connectivity index is 1.73. The predicted molar refractivity (Wildman–Crippen MR) is 109 cm³/mol. The number of hydrogen-bond acceptors (Lipinski definition) is 12. The van der Waals surface area contributed by atoms with Gasteiger partial charge in [0, 0.05) is 0 Å². The Bertz CT molecular complexity index is 1080. The first-order valence-electron chi connectivity index (χ1n) is 9.80. The Kier molecular flexibility index (Phi) is 6.70. The molecule has 2 unspecified atom stereocenters. The fourth-order valence-electron chi connectivity index (χ4n) is 3.79. The topological polar surface area (TPSA) is 206 Å². The van der Waals surface area contributed by atoms with Crippen LogP contribution in [-0.4, -0.2) is 98.1 Å². The van der Waals surface area contributed by atoms with Crippen molar-refractivity contribution in [1.82, 2.24) is 19.5 Å². The van der Waals surface area contributed by atoms with E-state index in [1.54, 1.807) is 0 Å². The molecule has 0 bridgehead atoms. The van der Waals surface area contributed by atoms with Crippen molar-refractivity contribution in [3.8, 4) is 6.07 Å². The lowest BCUT2D eigenvalue weighted by Gasteiger charge is -2.26. The van der Waals surface area contributed by atoms with Gasteiger partial charge in [-0.15, -0.1) is 0 Å². The summed E-state index contributed by atoms with van der Waals surface area (Å²) in [5.41, 5.74) is 4.21. The summed E-state index contributed by atoms with van der Waals surface area (Å²) in [5.74, 6) is -1.06. The maximum atomic E-state index is 12.1. The van der Waals surface area contributed by atoms with Gasteiger partial charge in [-0.25, -0.2) is 14.3 Å². The zero-order chi connectivity index (χ0) is 24.5. The number of aliphatic hydroxyl groups excluding tert-OH is 2. The summed E-state index contributed by atoms with van der Waals surface area (Å²) in [6.45, 7) is 0.810. The average molecular weight is 464 g/mol. The average Bonchev–Trinajstić information content (AvgIpc) is 3.28. The van der Waals surface area contributed by atoms with Crippen molar-refractivity contribution >= 4 is 23.5 Å². The van der Waals surface area contributed by atoms with Gasteiger partial charge in [0.05, 0.1) is 5.69 Å². The minimum Gasteiger partial charge on any atom is -0.480 e. The third kappa shape index (κ3) is 4.26. The van der Waals surface area contributed by atoms with Crippen LogP contribution in [0.1, 0.15) is 12.6 Å². The number of nitrogen functional groups attached to an aromatic ring is 1. The van der Waals surface area contributed by atoms with E-state index < -0.39 is 54.8 Å². The highest BCUT2D eigenvalue weighted by Gasteiger charge is 2.58. The number of carboxylic acids is 1. The molecule has 3 heterocycles. The van der Waals surface area contributed by atoms with E-state index in [0.29, 0.717) is 5.52 Å². The molecule has 0 spiro atoms. The highest BCUT2D eigenvalue weighted by atomic mass is 16.7. The Hall–Kier alpha value is -3.51. The summed E-state index contributed by atoms with van der Waals surface area (Å²) < 4.78 is 16.9. The van der Waals surface area contributed by atoms with Gasteiger partial charge in [-0.2, -0.15) is 10.4 Å². The second-order valence-electron chi connectivity index (χ2n) is 7.73. The van der Waals surface area contributed by atoms with Crippen molar-refractivity contribution in [2.75, 3.05) is 26.4 Å². The molecule has 178 valence electrons. The van der Waals surface area contributed by atoms with Crippen LogP contribution in [0, 0.1) is 11.3 Å². The molecule has 1 aliphatic rings. The number of nitrogens with zero attached hydrogens (tertiary/aromatic N) is 5. The molecule has 0 radical (unpaired) electrons. The van der Waals surface area contributed by atoms with Gasteiger partial charge in [-0.3, -0.25) is 9.69 Å². The number of carbonyl (C=O) groups excluding carboxylic acids is 1. The third-order valence-corrected chi connectivity index (χ3v) is 5.39. The second kappa shape index (κ2) is 9.16. The summed E-state index contributed by atoms with van der Waals surface area (Å²) in [6, 6.07) is 3.73. The largest absolute Gasteiger partial charge is 0.508 e. The zero-order valence-corrected chi connectivity index (χ0v) is 18.0. The maximum Gasteiger partial charge on any atom is 0.508 e. The number of nitrogens with two attached hydrogens (primary N) is 1. The number of fused-ring (bicyclic) bond motifs is 1. The number of aromatic nitrogens is 3. The third-order valence-electron chi connectivity index (χ3n) is 5.39. The van der Waals surface area contributed by atoms with Crippen LogP contribution >= 0.6 is 0 Å². The van der Waals surface area contributed by atoms with Crippen LogP contribution in [0.4, 0.5) is 10.6 Å². The second-order valence-corrected chi connectivity index (χ2v) is 7.73. The van der Waals surface area contributed by atoms with Crippen LogP contribution in [0.2, 0.25) is 0 Å².